The Bertz CT molecular complexity index is 1220. The average molecular weight is 453 g/mol. The molecule has 2 aromatic carbocycles. The van der Waals surface area contributed by atoms with Gasteiger partial charge in [0.05, 0.1) is 34.9 Å². The van der Waals surface area contributed by atoms with Gasteiger partial charge in [-0.1, -0.05) is 6.92 Å². The van der Waals surface area contributed by atoms with Gasteiger partial charge >= 0.3 is 5.97 Å². The average Bonchev–Trinajstić information content (AvgIpc) is 2.87. The molecule has 0 bridgehead atoms. The Morgan fingerprint density at radius 1 is 1.17 bits per heavy atom. The number of sulfonamides is 2. The third-order valence-electron chi connectivity index (χ3n) is 4.60. The summed E-state index contributed by atoms with van der Waals surface area (Å²) in [5.41, 5.74) is 0.876. The lowest BCUT2D eigenvalue weighted by Crippen LogP contribution is -2.30. The molecule has 3 rings (SSSR count). The van der Waals surface area contributed by atoms with Crippen LogP contribution in [0.1, 0.15) is 22.8 Å². The largest absolute Gasteiger partial charge is 0.465 e. The molecule has 0 spiro atoms. The second-order valence-electron chi connectivity index (χ2n) is 6.91. The number of methoxy groups -OCH3 is 1. The van der Waals surface area contributed by atoms with Crippen molar-refractivity contribution in [1.29, 1.82) is 0 Å². The highest BCUT2D eigenvalue weighted by Crippen LogP contribution is 2.31. The van der Waals surface area contributed by atoms with Crippen molar-refractivity contribution >= 4 is 43.3 Å². The van der Waals surface area contributed by atoms with Crippen LogP contribution in [0.5, 0.6) is 0 Å². The van der Waals surface area contributed by atoms with E-state index in [9.17, 15) is 26.4 Å². The summed E-state index contributed by atoms with van der Waals surface area (Å²) in [6.07, 6.45) is 0. The molecule has 0 radical (unpaired) electrons. The minimum atomic E-state index is -4.00. The molecule has 1 aliphatic heterocycles. The Hall–Kier alpha value is -2.92. The molecule has 0 unspecified atom stereocenters. The molecule has 11 heteroatoms. The second-order valence-corrected chi connectivity index (χ2v) is 10.4. The Balaban J connectivity index is 1.89. The number of ether oxygens (including phenoxy) is 1. The topological polar surface area (TPSA) is 127 Å². The number of nitrogens with zero attached hydrogens (tertiary/aromatic N) is 1. The first-order chi connectivity index (χ1) is 14.0. The molecule has 1 amide bonds. The number of nitrogens with one attached hydrogen (secondary N) is 1. The number of hydrogen-bond donors (Lipinski definition) is 1. The Morgan fingerprint density at radius 2 is 1.80 bits per heavy atom. The molecular formula is C19H20N2O7S2. The summed E-state index contributed by atoms with van der Waals surface area (Å²) in [5.74, 6) is -2.03. The van der Waals surface area contributed by atoms with Gasteiger partial charge in [0, 0.05) is 5.69 Å². The zero-order valence-corrected chi connectivity index (χ0v) is 18.1. The molecule has 1 atom stereocenters. The number of esters is 1. The van der Waals surface area contributed by atoms with E-state index in [-0.39, 0.29) is 33.2 Å². The molecular weight excluding hydrogens is 432 g/mol. The van der Waals surface area contributed by atoms with Gasteiger partial charge in [0.1, 0.15) is 0 Å². The fraction of sp³-hybridized carbons (Fsp3) is 0.263. The van der Waals surface area contributed by atoms with Crippen molar-refractivity contribution < 1.29 is 31.2 Å². The maximum absolute atomic E-state index is 12.8. The van der Waals surface area contributed by atoms with Gasteiger partial charge in [-0.3, -0.25) is 9.52 Å². The highest BCUT2D eigenvalue weighted by Gasteiger charge is 2.42. The molecule has 2 aromatic rings. The van der Waals surface area contributed by atoms with Crippen molar-refractivity contribution in [3.63, 3.8) is 0 Å². The Morgan fingerprint density at radius 3 is 2.30 bits per heavy atom. The van der Waals surface area contributed by atoms with Crippen molar-refractivity contribution in [2.45, 2.75) is 18.7 Å². The summed E-state index contributed by atoms with van der Waals surface area (Å²) in [5, 5.41) is 0. The number of aryl methyl sites for hydroxylation is 1. The summed E-state index contributed by atoms with van der Waals surface area (Å²) in [4.78, 5) is 23.6. The lowest BCUT2D eigenvalue weighted by atomic mass is 10.2. The molecule has 1 N–H and O–H groups in total. The zero-order valence-electron chi connectivity index (χ0n) is 16.4. The number of anilines is 2. The minimum Gasteiger partial charge on any atom is -0.465 e. The lowest BCUT2D eigenvalue weighted by Gasteiger charge is -2.17. The number of hydrogen-bond acceptors (Lipinski definition) is 7. The monoisotopic (exact) mass is 452 g/mol. The van der Waals surface area contributed by atoms with Crippen LogP contribution >= 0.6 is 0 Å². The smallest absolute Gasteiger partial charge is 0.337 e. The number of carbonyl (C=O) groups excluding carboxylic acids is 2. The number of amides is 1. The van der Waals surface area contributed by atoms with Crippen LogP contribution in [0.15, 0.2) is 47.4 Å². The normalized spacial score (nSPS) is 18.3. The van der Waals surface area contributed by atoms with E-state index in [0.29, 0.717) is 0 Å². The van der Waals surface area contributed by atoms with Crippen LogP contribution in [0.4, 0.5) is 11.4 Å². The van der Waals surface area contributed by atoms with Crippen molar-refractivity contribution in [3.05, 3.63) is 53.6 Å². The van der Waals surface area contributed by atoms with Crippen molar-refractivity contribution in [2.24, 2.45) is 5.92 Å². The summed E-state index contributed by atoms with van der Waals surface area (Å²) < 4.78 is 57.8. The lowest BCUT2D eigenvalue weighted by molar-refractivity contribution is -0.119. The summed E-state index contributed by atoms with van der Waals surface area (Å²) in [6, 6.07) is 9.57. The number of carbonyl (C=O) groups is 2. The molecule has 1 aliphatic rings. The zero-order chi connectivity index (χ0) is 22.3. The van der Waals surface area contributed by atoms with Crippen LogP contribution in [-0.2, 0) is 29.6 Å². The first-order valence-electron chi connectivity index (χ1n) is 8.85. The van der Waals surface area contributed by atoms with Gasteiger partial charge in [0.15, 0.2) is 0 Å². The predicted molar refractivity (Wildman–Crippen MR) is 110 cm³/mol. The van der Waals surface area contributed by atoms with Gasteiger partial charge in [0.2, 0.25) is 15.9 Å². The molecule has 0 aliphatic carbocycles. The third-order valence-corrected chi connectivity index (χ3v) is 8.01. The van der Waals surface area contributed by atoms with Crippen LogP contribution in [0.3, 0.4) is 0 Å². The highest BCUT2D eigenvalue weighted by atomic mass is 32.2. The molecule has 1 heterocycles. The van der Waals surface area contributed by atoms with E-state index in [1.807, 2.05) is 0 Å². The van der Waals surface area contributed by atoms with Gasteiger partial charge in [0.25, 0.3) is 10.0 Å². The fourth-order valence-corrected chi connectivity index (χ4v) is 6.25. The summed E-state index contributed by atoms with van der Waals surface area (Å²) in [6.45, 7) is 3.04. The number of rotatable bonds is 5. The molecule has 30 heavy (non-hydrogen) atoms. The van der Waals surface area contributed by atoms with Crippen LogP contribution in [-0.4, -0.2) is 41.6 Å². The molecule has 160 valence electrons. The maximum Gasteiger partial charge on any atom is 0.337 e. The van der Waals surface area contributed by atoms with E-state index < -0.39 is 37.8 Å². The number of benzene rings is 2. The van der Waals surface area contributed by atoms with E-state index in [1.54, 1.807) is 0 Å². The second kappa shape index (κ2) is 7.73. The van der Waals surface area contributed by atoms with Gasteiger partial charge in [-0.05, 0) is 55.0 Å². The van der Waals surface area contributed by atoms with E-state index >= 15 is 0 Å². The third kappa shape index (κ3) is 4.03. The van der Waals surface area contributed by atoms with Crippen molar-refractivity contribution in [3.8, 4) is 0 Å². The minimum absolute atomic E-state index is 0.0691. The Labute approximate surface area is 174 Å². The van der Waals surface area contributed by atoms with Gasteiger partial charge in [-0.15, -0.1) is 0 Å². The van der Waals surface area contributed by atoms with Crippen LogP contribution < -0.4 is 9.03 Å². The van der Waals surface area contributed by atoms with E-state index in [0.717, 1.165) is 4.31 Å². The van der Waals surface area contributed by atoms with Gasteiger partial charge < -0.3 is 4.74 Å². The Kier molecular flexibility index (Phi) is 5.61. The van der Waals surface area contributed by atoms with Crippen molar-refractivity contribution in [1.82, 2.24) is 0 Å². The quantitative estimate of drug-likeness (QED) is 0.686. The van der Waals surface area contributed by atoms with Gasteiger partial charge in [-0.2, -0.15) is 0 Å². The van der Waals surface area contributed by atoms with Gasteiger partial charge in [-0.25, -0.2) is 25.9 Å². The molecule has 0 saturated carbocycles. The summed E-state index contributed by atoms with van der Waals surface area (Å²) >= 11 is 0. The highest BCUT2D eigenvalue weighted by molar-refractivity contribution is 7.94. The fourth-order valence-electron chi connectivity index (χ4n) is 3.15. The van der Waals surface area contributed by atoms with E-state index in [4.69, 9.17) is 0 Å². The maximum atomic E-state index is 12.8. The molecule has 0 aromatic heterocycles. The van der Waals surface area contributed by atoms with Crippen LogP contribution in [0.2, 0.25) is 0 Å². The van der Waals surface area contributed by atoms with Crippen molar-refractivity contribution in [2.75, 3.05) is 21.9 Å². The van der Waals surface area contributed by atoms with E-state index in [2.05, 4.69) is 9.46 Å². The molecule has 1 saturated heterocycles. The molecule has 1 fully saturated rings. The first kappa shape index (κ1) is 21.8. The van der Waals surface area contributed by atoms with E-state index in [1.165, 1.54) is 63.4 Å². The predicted octanol–water partition coefficient (Wildman–Crippen LogP) is 1.89. The standard InChI is InChI=1S/C19H20N2O7S2/c1-12-10-16(21-18(22)13(2)11-29(21,24)25)8-9-17(12)30(26,27)20-15-6-4-14(5-7-15)19(23)28-3/h4-10,13,20H,11H2,1-3H3/t13-/m1/s1. The SMILES string of the molecule is COC(=O)c1ccc(NS(=O)(=O)c2ccc(N3C(=O)[C@H](C)CS3(=O)=O)cc2C)cc1. The summed E-state index contributed by atoms with van der Waals surface area (Å²) in [7, 11) is -6.54. The van der Waals surface area contributed by atoms with Crippen LogP contribution in [0, 0.1) is 12.8 Å². The first-order valence-corrected chi connectivity index (χ1v) is 11.9. The van der Waals surface area contributed by atoms with Crippen LogP contribution in [0.25, 0.3) is 0 Å². The molecule has 9 nitrogen and oxygen atoms in total.